The maximum absolute atomic E-state index is 5.63. The Morgan fingerprint density at radius 3 is 2.57 bits per heavy atom. The van der Waals surface area contributed by atoms with E-state index in [0.29, 0.717) is 6.61 Å². The normalized spacial score (nSPS) is 12.4. The number of hydrogen-bond acceptors (Lipinski definition) is 1. The van der Waals surface area contributed by atoms with Gasteiger partial charge in [0.25, 0.3) is 0 Å². The maximum Gasteiger partial charge on any atom is 0.0826 e. The molecule has 0 aliphatic carbocycles. The fourth-order valence-electron chi connectivity index (χ4n) is 1.31. The zero-order valence-corrected chi connectivity index (χ0v) is 9.96. The highest BCUT2D eigenvalue weighted by Crippen LogP contribution is 2.22. The van der Waals surface area contributed by atoms with E-state index in [0.717, 1.165) is 10.9 Å². The molecule has 1 atom stereocenters. The van der Waals surface area contributed by atoms with Gasteiger partial charge in [0.1, 0.15) is 0 Å². The molecule has 0 saturated heterocycles. The molecule has 0 heterocycles. The molecule has 1 aromatic rings. The van der Waals surface area contributed by atoms with Crippen molar-refractivity contribution in [3.63, 3.8) is 0 Å². The van der Waals surface area contributed by atoms with Gasteiger partial charge in [-0.15, -0.1) is 6.58 Å². The molecule has 0 radical (unpaired) electrons. The lowest BCUT2D eigenvalue weighted by Gasteiger charge is -2.15. The molecule has 2 heteroatoms. The second-order valence-electron chi connectivity index (χ2n) is 3.07. The Kier molecular flexibility index (Phi) is 4.91. The quantitative estimate of drug-likeness (QED) is 0.719. The Bertz CT molecular complexity index is 279. The lowest BCUT2D eigenvalue weighted by Crippen LogP contribution is -2.02. The second kappa shape index (κ2) is 5.99. The van der Waals surface area contributed by atoms with Crippen LogP contribution in [0.15, 0.2) is 41.4 Å². The summed E-state index contributed by atoms with van der Waals surface area (Å²) >= 11 is 3.41. The maximum atomic E-state index is 5.63. The Hall–Kier alpha value is -0.600. The Balaban J connectivity index is 2.68. The van der Waals surface area contributed by atoms with Crippen LogP contribution in [0.5, 0.6) is 0 Å². The van der Waals surface area contributed by atoms with Gasteiger partial charge in [0.15, 0.2) is 0 Å². The van der Waals surface area contributed by atoms with Crippen LogP contribution < -0.4 is 0 Å². The summed E-state index contributed by atoms with van der Waals surface area (Å²) in [5.41, 5.74) is 1.22. The highest BCUT2D eigenvalue weighted by Gasteiger charge is 2.07. The lowest BCUT2D eigenvalue weighted by atomic mass is 10.1. The van der Waals surface area contributed by atoms with Gasteiger partial charge in [0.05, 0.1) is 12.7 Å². The van der Waals surface area contributed by atoms with Crippen molar-refractivity contribution in [3.05, 3.63) is 47.0 Å². The Labute approximate surface area is 93.9 Å². The van der Waals surface area contributed by atoms with Crippen LogP contribution >= 0.6 is 15.9 Å². The Morgan fingerprint density at radius 2 is 2.07 bits per heavy atom. The van der Waals surface area contributed by atoms with Crippen molar-refractivity contribution in [2.75, 3.05) is 6.61 Å². The average Bonchev–Trinajstić information content (AvgIpc) is 2.21. The number of hydrogen-bond donors (Lipinski definition) is 0. The van der Waals surface area contributed by atoms with Crippen LogP contribution in [0, 0.1) is 0 Å². The van der Waals surface area contributed by atoms with Gasteiger partial charge in [-0.3, -0.25) is 0 Å². The predicted octanol–water partition coefficient (Wildman–Crippen LogP) is 4.10. The Morgan fingerprint density at radius 1 is 1.43 bits per heavy atom. The van der Waals surface area contributed by atoms with Gasteiger partial charge in [-0.2, -0.15) is 0 Å². The average molecular weight is 255 g/mol. The number of benzene rings is 1. The highest BCUT2D eigenvalue weighted by atomic mass is 79.9. The van der Waals surface area contributed by atoms with Crippen LogP contribution in [0.3, 0.4) is 0 Å². The molecule has 1 nitrogen and oxygen atoms in total. The van der Waals surface area contributed by atoms with E-state index in [1.807, 2.05) is 12.1 Å². The molecule has 0 spiro atoms. The van der Waals surface area contributed by atoms with Crippen molar-refractivity contribution in [2.24, 2.45) is 0 Å². The lowest BCUT2D eigenvalue weighted by molar-refractivity contribution is 0.0714. The molecule has 1 aromatic carbocycles. The van der Waals surface area contributed by atoms with E-state index >= 15 is 0 Å². The van der Waals surface area contributed by atoms with Gasteiger partial charge < -0.3 is 4.74 Å². The van der Waals surface area contributed by atoms with Crippen molar-refractivity contribution in [2.45, 2.75) is 19.4 Å². The first kappa shape index (κ1) is 11.5. The van der Waals surface area contributed by atoms with E-state index in [-0.39, 0.29) is 6.10 Å². The minimum Gasteiger partial charge on any atom is -0.370 e. The third-order valence-corrected chi connectivity index (χ3v) is 2.56. The van der Waals surface area contributed by atoms with Crippen LogP contribution in [0.4, 0.5) is 0 Å². The molecule has 0 bridgehead atoms. The summed E-state index contributed by atoms with van der Waals surface area (Å²) in [5, 5.41) is 0. The van der Waals surface area contributed by atoms with E-state index in [1.165, 1.54) is 5.56 Å². The molecule has 0 aromatic heterocycles. The zero-order chi connectivity index (χ0) is 10.4. The summed E-state index contributed by atoms with van der Waals surface area (Å²) in [7, 11) is 0. The zero-order valence-electron chi connectivity index (χ0n) is 8.37. The molecule has 0 amide bonds. The molecule has 76 valence electrons. The van der Waals surface area contributed by atoms with Crippen LogP contribution in [0.1, 0.15) is 25.0 Å². The van der Waals surface area contributed by atoms with Gasteiger partial charge in [0.2, 0.25) is 0 Å². The van der Waals surface area contributed by atoms with E-state index in [4.69, 9.17) is 4.74 Å². The van der Waals surface area contributed by atoms with Crippen molar-refractivity contribution >= 4 is 15.9 Å². The smallest absolute Gasteiger partial charge is 0.0826 e. The topological polar surface area (TPSA) is 9.23 Å². The van der Waals surface area contributed by atoms with Gasteiger partial charge in [0, 0.05) is 4.47 Å². The molecular weight excluding hydrogens is 240 g/mol. The van der Waals surface area contributed by atoms with Crippen LogP contribution in [-0.4, -0.2) is 6.61 Å². The van der Waals surface area contributed by atoms with Gasteiger partial charge >= 0.3 is 0 Å². The molecule has 0 unspecified atom stereocenters. The molecular formula is C12H15BrO. The van der Waals surface area contributed by atoms with E-state index < -0.39 is 0 Å². The first-order valence-electron chi connectivity index (χ1n) is 4.76. The van der Waals surface area contributed by atoms with Gasteiger partial charge in [-0.05, 0) is 24.1 Å². The SMILES string of the molecule is C=CCO[C@@H](CC)c1ccc(Br)cc1. The minimum absolute atomic E-state index is 0.182. The monoisotopic (exact) mass is 254 g/mol. The molecule has 14 heavy (non-hydrogen) atoms. The summed E-state index contributed by atoms with van der Waals surface area (Å²) < 4.78 is 6.73. The number of halogens is 1. The largest absolute Gasteiger partial charge is 0.370 e. The fraction of sp³-hybridized carbons (Fsp3) is 0.333. The summed E-state index contributed by atoms with van der Waals surface area (Å²) in [4.78, 5) is 0. The van der Waals surface area contributed by atoms with Crippen LogP contribution in [0.2, 0.25) is 0 Å². The first-order valence-corrected chi connectivity index (χ1v) is 5.55. The van der Waals surface area contributed by atoms with Gasteiger partial charge in [-0.1, -0.05) is 41.1 Å². The molecule has 0 saturated carbocycles. The fourth-order valence-corrected chi connectivity index (χ4v) is 1.58. The standard InChI is InChI=1S/C12H15BrO/c1-3-9-14-12(4-2)10-5-7-11(13)8-6-10/h3,5-8,12H,1,4,9H2,2H3/t12-/m0/s1. The third-order valence-electron chi connectivity index (χ3n) is 2.03. The van der Waals surface area contributed by atoms with Crippen molar-refractivity contribution < 1.29 is 4.74 Å². The highest BCUT2D eigenvalue weighted by molar-refractivity contribution is 9.10. The van der Waals surface area contributed by atoms with E-state index in [9.17, 15) is 0 Å². The van der Waals surface area contributed by atoms with Crippen LogP contribution in [-0.2, 0) is 4.74 Å². The van der Waals surface area contributed by atoms with E-state index in [2.05, 4.69) is 41.6 Å². The molecule has 1 rings (SSSR count). The molecule has 0 N–H and O–H groups in total. The summed E-state index contributed by atoms with van der Waals surface area (Å²) in [6, 6.07) is 8.24. The van der Waals surface area contributed by atoms with Crippen molar-refractivity contribution in [1.82, 2.24) is 0 Å². The minimum atomic E-state index is 0.182. The predicted molar refractivity (Wildman–Crippen MR) is 63.3 cm³/mol. The second-order valence-corrected chi connectivity index (χ2v) is 3.99. The molecule has 0 aliphatic heterocycles. The summed E-state index contributed by atoms with van der Waals surface area (Å²) in [6.45, 7) is 6.37. The third kappa shape index (κ3) is 3.28. The summed E-state index contributed by atoms with van der Waals surface area (Å²) in [5.74, 6) is 0. The summed E-state index contributed by atoms with van der Waals surface area (Å²) in [6.07, 6.45) is 2.94. The van der Waals surface area contributed by atoms with E-state index in [1.54, 1.807) is 6.08 Å². The number of ether oxygens (including phenoxy) is 1. The van der Waals surface area contributed by atoms with Crippen molar-refractivity contribution in [1.29, 1.82) is 0 Å². The van der Waals surface area contributed by atoms with Crippen molar-refractivity contribution in [3.8, 4) is 0 Å². The van der Waals surface area contributed by atoms with Gasteiger partial charge in [-0.25, -0.2) is 0 Å². The van der Waals surface area contributed by atoms with Crippen LogP contribution in [0.25, 0.3) is 0 Å². The molecule has 0 aliphatic rings. The molecule has 0 fully saturated rings. The first-order chi connectivity index (χ1) is 6.77. The number of rotatable bonds is 5.